The van der Waals surface area contributed by atoms with E-state index in [1.807, 2.05) is 11.3 Å². The molecule has 18 heavy (non-hydrogen) atoms. The normalized spacial score (nSPS) is 27.8. The first-order valence-corrected chi connectivity index (χ1v) is 7.99. The fourth-order valence-electron chi connectivity index (χ4n) is 2.81. The molecule has 2 atom stereocenters. The summed E-state index contributed by atoms with van der Waals surface area (Å²) in [6.07, 6.45) is 5.23. The molecule has 1 aliphatic heterocycles. The first-order valence-electron chi connectivity index (χ1n) is 7.11. The van der Waals surface area contributed by atoms with Gasteiger partial charge in [0.05, 0.1) is 6.10 Å². The summed E-state index contributed by atoms with van der Waals surface area (Å²) in [6.45, 7) is 7.62. The molecule has 0 aromatic carbocycles. The van der Waals surface area contributed by atoms with E-state index in [4.69, 9.17) is 4.74 Å². The molecule has 1 fully saturated rings. The van der Waals surface area contributed by atoms with Crippen molar-refractivity contribution in [2.24, 2.45) is 5.41 Å². The van der Waals surface area contributed by atoms with Crippen LogP contribution in [0.1, 0.15) is 38.0 Å². The van der Waals surface area contributed by atoms with E-state index in [9.17, 15) is 0 Å². The second-order valence-corrected chi connectivity index (χ2v) is 6.41. The minimum atomic E-state index is 0.346. The molecule has 1 aliphatic rings. The fraction of sp³-hybridized carbons (Fsp3) is 0.733. The van der Waals surface area contributed by atoms with E-state index in [1.54, 1.807) is 0 Å². The number of rotatable bonds is 7. The number of nitrogens with one attached hydrogen (secondary N) is 1. The summed E-state index contributed by atoms with van der Waals surface area (Å²) >= 11 is 1.87. The molecule has 2 nitrogen and oxygen atoms in total. The molecule has 2 rings (SSSR count). The number of aryl methyl sites for hydroxylation is 1. The van der Waals surface area contributed by atoms with Crippen molar-refractivity contribution >= 4 is 11.3 Å². The van der Waals surface area contributed by atoms with Gasteiger partial charge in [-0.05, 0) is 50.6 Å². The number of ether oxygens (including phenoxy) is 1. The largest absolute Gasteiger partial charge is 0.378 e. The highest BCUT2D eigenvalue weighted by atomic mass is 32.1. The molecule has 0 amide bonds. The van der Waals surface area contributed by atoms with Crippen LogP contribution < -0.4 is 5.32 Å². The van der Waals surface area contributed by atoms with Crippen molar-refractivity contribution in [2.75, 3.05) is 19.7 Å². The molecular formula is C15H25NOS. The Balaban J connectivity index is 1.92. The van der Waals surface area contributed by atoms with Gasteiger partial charge in [0, 0.05) is 23.4 Å². The molecule has 0 spiro atoms. The Morgan fingerprint density at radius 3 is 3.06 bits per heavy atom. The molecule has 0 bridgehead atoms. The average molecular weight is 267 g/mol. The highest BCUT2D eigenvalue weighted by Crippen LogP contribution is 2.39. The van der Waals surface area contributed by atoms with Gasteiger partial charge in [0.25, 0.3) is 0 Å². The SMILES string of the molecule is CCCNCC1(CCc2cccs2)CCOC1C. The molecule has 102 valence electrons. The second-order valence-electron chi connectivity index (χ2n) is 5.38. The highest BCUT2D eigenvalue weighted by molar-refractivity contribution is 7.09. The van der Waals surface area contributed by atoms with Crippen molar-refractivity contribution in [1.29, 1.82) is 0 Å². The lowest BCUT2D eigenvalue weighted by Gasteiger charge is -2.32. The van der Waals surface area contributed by atoms with Gasteiger partial charge < -0.3 is 10.1 Å². The van der Waals surface area contributed by atoms with Gasteiger partial charge in [-0.15, -0.1) is 11.3 Å². The maximum Gasteiger partial charge on any atom is 0.0616 e. The fourth-order valence-corrected chi connectivity index (χ4v) is 3.52. The van der Waals surface area contributed by atoms with Crippen LogP contribution in [0.4, 0.5) is 0 Å². The third kappa shape index (κ3) is 3.34. The summed E-state index contributed by atoms with van der Waals surface area (Å²) in [5, 5.41) is 5.77. The standard InChI is InChI=1S/C15H25NOS/c1-3-9-16-12-15(8-10-17-13(15)2)7-6-14-5-4-11-18-14/h4-5,11,13,16H,3,6-10,12H2,1-2H3. The molecule has 3 heteroatoms. The van der Waals surface area contributed by atoms with Crippen LogP contribution >= 0.6 is 11.3 Å². The number of thiophene rings is 1. The molecule has 2 heterocycles. The van der Waals surface area contributed by atoms with Gasteiger partial charge in [-0.2, -0.15) is 0 Å². The topological polar surface area (TPSA) is 21.3 Å². The molecule has 0 saturated carbocycles. The molecule has 2 unspecified atom stereocenters. The maximum absolute atomic E-state index is 5.83. The predicted octanol–water partition coefficient (Wildman–Crippen LogP) is 3.48. The first kappa shape index (κ1) is 14.0. The van der Waals surface area contributed by atoms with E-state index >= 15 is 0 Å². The van der Waals surface area contributed by atoms with Gasteiger partial charge in [-0.1, -0.05) is 13.0 Å². The van der Waals surface area contributed by atoms with Gasteiger partial charge in [-0.3, -0.25) is 0 Å². The van der Waals surface area contributed by atoms with Crippen LogP contribution in [0.15, 0.2) is 17.5 Å². The van der Waals surface area contributed by atoms with Crippen LogP contribution in [0.2, 0.25) is 0 Å². The predicted molar refractivity (Wildman–Crippen MR) is 78.3 cm³/mol. The summed E-state index contributed by atoms with van der Waals surface area (Å²) < 4.78 is 5.83. The first-order chi connectivity index (χ1) is 8.77. The lowest BCUT2D eigenvalue weighted by Crippen LogP contribution is -2.40. The van der Waals surface area contributed by atoms with Gasteiger partial charge >= 0.3 is 0 Å². The van der Waals surface area contributed by atoms with Crippen LogP contribution in [0.5, 0.6) is 0 Å². The number of hydrogen-bond donors (Lipinski definition) is 1. The summed E-state index contributed by atoms with van der Waals surface area (Å²) in [6, 6.07) is 4.40. The average Bonchev–Trinajstić information content (AvgIpc) is 2.99. The van der Waals surface area contributed by atoms with Crippen LogP contribution in [0.25, 0.3) is 0 Å². The van der Waals surface area contributed by atoms with Crippen LogP contribution in [-0.4, -0.2) is 25.8 Å². The third-order valence-electron chi connectivity index (χ3n) is 4.18. The Hall–Kier alpha value is -0.380. The lowest BCUT2D eigenvalue weighted by atomic mass is 9.77. The Morgan fingerprint density at radius 1 is 1.56 bits per heavy atom. The van der Waals surface area contributed by atoms with Crippen LogP contribution in [0.3, 0.4) is 0 Å². The van der Waals surface area contributed by atoms with Crippen molar-refractivity contribution in [2.45, 2.75) is 45.6 Å². The zero-order valence-electron chi connectivity index (χ0n) is 11.6. The van der Waals surface area contributed by atoms with Crippen molar-refractivity contribution in [3.05, 3.63) is 22.4 Å². The second kappa shape index (κ2) is 6.69. The Bertz CT molecular complexity index is 338. The van der Waals surface area contributed by atoms with Crippen molar-refractivity contribution in [3.63, 3.8) is 0 Å². The van der Waals surface area contributed by atoms with E-state index in [-0.39, 0.29) is 0 Å². The zero-order chi connectivity index (χ0) is 12.8. The summed E-state index contributed by atoms with van der Waals surface area (Å²) in [7, 11) is 0. The monoisotopic (exact) mass is 267 g/mol. The van der Waals surface area contributed by atoms with Crippen LogP contribution in [-0.2, 0) is 11.2 Å². The van der Waals surface area contributed by atoms with Gasteiger partial charge in [0.15, 0.2) is 0 Å². The third-order valence-corrected chi connectivity index (χ3v) is 5.12. The van der Waals surface area contributed by atoms with Crippen LogP contribution in [0, 0.1) is 5.41 Å². The molecule has 0 aliphatic carbocycles. The molecule has 1 aromatic heterocycles. The highest BCUT2D eigenvalue weighted by Gasteiger charge is 2.40. The molecule has 1 aromatic rings. The summed E-state index contributed by atoms with van der Waals surface area (Å²) in [4.78, 5) is 1.50. The Morgan fingerprint density at radius 2 is 2.44 bits per heavy atom. The van der Waals surface area contributed by atoms with Crippen molar-refractivity contribution < 1.29 is 4.74 Å². The number of hydrogen-bond acceptors (Lipinski definition) is 3. The molecule has 0 radical (unpaired) electrons. The van der Waals surface area contributed by atoms with E-state index in [0.717, 1.165) is 19.7 Å². The van der Waals surface area contributed by atoms with Gasteiger partial charge in [0.1, 0.15) is 0 Å². The molecule has 1 N–H and O–H groups in total. The minimum absolute atomic E-state index is 0.346. The summed E-state index contributed by atoms with van der Waals surface area (Å²) in [5.74, 6) is 0. The smallest absolute Gasteiger partial charge is 0.0616 e. The zero-order valence-corrected chi connectivity index (χ0v) is 12.4. The van der Waals surface area contributed by atoms with Crippen molar-refractivity contribution in [3.8, 4) is 0 Å². The Labute approximate surface area is 115 Å². The molecular weight excluding hydrogens is 242 g/mol. The van der Waals surface area contributed by atoms with Crippen molar-refractivity contribution in [1.82, 2.24) is 5.32 Å². The summed E-state index contributed by atoms with van der Waals surface area (Å²) in [5.41, 5.74) is 0.346. The maximum atomic E-state index is 5.83. The van der Waals surface area contributed by atoms with E-state index in [2.05, 4.69) is 36.7 Å². The van der Waals surface area contributed by atoms with Gasteiger partial charge in [0.2, 0.25) is 0 Å². The minimum Gasteiger partial charge on any atom is -0.378 e. The quantitative estimate of drug-likeness (QED) is 0.764. The van der Waals surface area contributed by atoms with E-state index in [1.165, 1.54) is 30.6 Å². The molecule has 1 saturated heterocycles. The van der Waals surface area contributed by atoms with Gasteiger partial charge in [-0.25, -0.2) is 0 Å². The van der Waals surface area contributed by atoms with E-state index < -0.39 is 0 Å². The lowest BCUT2D eigenvalue weighted by molar-refractivity contribution is 0.0588. The Kier molecular flexibility index (Phi) is 5.22. The van der Waals surface area contributed by atoms with E-state index in [0.29, 0.717) is 11.5 Å².